The van der Waals surface area contributed by atoms with Crippen molar-refractivity contribution in [3.05, 3.63) is 89.2 Å². The van der Waals surface area contributed by atoms with Crippen molar-refractivity contribution in [1.82, 2.24) is 19.8 Å². The van der Waals surface area contributed by atoms with Crippen LogP contribution in [0.5, 0.6) is 5.88 Å². The van der Waals surface area contributed by atoms with E-state index in [2.05, 4.69) is 9.97 Å². The summed E-state index contributed by atoms with van der Waals surface area (Å²) in [6, 6.07) is 15.7. The highest BCUT2D eigenvalue weighted by molar-refractivity contribution is 6.22. The van der Waals surface area contributed by atoms with Gasteiger partial charge in [0.1, 0.15) is 0 Å². The molecule has 9 heteroatoms. The normalized spacial score (nSPS) is 11.6. The molecule has 1 amide bonds. The topological polar surface area (TPSA) is 111 Å². The van der Waals surface area contributed by atoms with Gasteiger partial charge in [0.2, 0.25) is 0 Å². The molecule has 0 radical (unpaired) electrons. The number of methoxy groups -OCH3 is 1. The molecule has 0 saturated heterocycles. The smallest absolute Gasteiger partial charge is 0.337 e. The van der Waals surface area contributed by atoms with Crippen molar-refractivity contribution in [2.45, 2.75) is 0 Å². The number of nitrogens with zero attached hydrogens (tertiary/aromatic N) is 4. The highest BCUT2D eigenvalue weighted by Crippen LogP contribution is 2.32. The monoisotopic (exact) mass is 499 g/mol. The summed E-state index contributed by atoms with van der Waals surface area (Å²) in [4.78, 5) is 40.4. The van der Waals surface area contributed by atoms with Gasteiger partial charge in [-0.05, 0) is 62.6 Å². The summed E-state index contributed by atoms with van der Waals surface area (Å²) in [6.45, 7) is 1.39. The Hall–Kier alpha value is -4.50. The SMILES string of the molecule is COC(=O)c1ccc2c(C(=Nc3ccc(C(=O)N(C)CCN(C)C)cc3)c3cccnc3)c(O)[nH]c2c1. The van der Waals surface area contributed by atoms with Gasteiger partial charge in [0.25, 0.3) is 5.91 Å². The number of aromatic hydroxyl groups is 1. The van der Waals surface area contributed by atoms with Crippen molar-refractivity contribution >= 4 is 34.2 Å². The lowest BCUT2D eigenvalue weighted by Gasteiger charge is -2.19. The van der Waals surface area contributed by atoms with Gasteiger partial charge < -0.3 is 24.6 Å². The van der Waals surface area contributed by atoms with Gasteiger partial charge in [-0.25, -0.2) is 9.79 Å². The van der Waals surface area contributed by atoms with Crippen LogP contribution in [0.25, 0.3) is 10.9 Å². The van der Waals surface area contributed by atoms with E-state index in [-0.39, 0.29) is 11.8 Å². The lowest BCUT2D eigenvalue weighted by atomic mass is 10.0. The third-order valence-electron chi connectivity index (χ3n) is 5.96. The Labute approximate surface area is 215 Å². The first-order chi connectivity index (χ1) is 17.8. The maximum atomic E-state index is 12.8. The lowest BCUT2D eigenvalue weighted by Crippen LogP contribution is -2.33. The number of aromatic amines is 1. The van der Waals surface area contributed by atoms with Crippen LogP contribution in [0.2, 0.25) is 0 Å². The zero-order valence-corrected chi connectivity index (χ0v) is 21.2. The lowest BCUT2D eigenvalue weighted by molar-refractivity contribution is 0.0600. The highest BCUT2D eigenvalue weighted by Gasteiger charge is 2.20. The molecule has 4 aromatic rings. The molecule has 9 nitrogen and oxygen atoms in total. The van der Waals surface area contributed by atoms with E-state index in [1.807, 2.05) is 25.1 Å². The molecule has 0 aliphatic heterocycles. The van der Waals surface area contributed by atoms with Crippen LogP contribution < -0.4 is 0 Å². The van der Waals surface area contributed by atoms with Crippen LogP contribution in [0.4, 0.5) is 5.69 Å². The number of hydrogen-bond donors (Lipinski definition) is 2. The number of aliphatic imine (C=N–C) groups is 1. The van der Waals surface area contributed by atoms with Crippen molar-refractivity contribution in [2.24, 2.45) is 4.99 Å². The van der Waals surface area contributed by atoms with Crippen LogP contribution in [0.1, 0.15) is 31.8 Å². The number of esters is 1. The van der Waals surface area contributed by atoms with Crippen LogP contribution in [-0.2, 0) is 4.74 Å². The molecule has 0 saturated carbocycles. The van der Waals surface area contributed by atoms with Gasteiger partial charge in [-0.1, -0.05) is 6.07 Å². The second-order valence-electron chi connectivity index (χ2n) is 8.88. The number of likely N-dealkylation sites (N-methyl/N-ethyl adjacent to an activating group) is 2. The number of amides is 1. The highest BCUT2D eigenvalue weighted by atomic mass is 16.5. The number of nitrogens with one attached hydrogen (secondary N) is 1. The van der Waals surface area contributed by atoms with Crippen molar-refractivity contribution in [3.63, 3.8) is 0 Å². The molecule has 0 spiro atoms. The van der Waals surface area contributed by atoms with Gasteiger partial charge in [-0.2, -0.15) is 0 Å². The largest absolute Gasteiger partial charge is 0.494 e. The number of aromatic nitrogens is 2. The van der Waals surface area contributed by atoms with Crippen molar-refractivity contribution < 1.29 is 19.4 Å². The van der Waals surface area contributed by atoms with Crippen molar-refractivity contribution in [2.75, 3.05) is 41.3 Å². The fraction of sp³-hybridized carbons (Fsp3) is 0.214. The minimum atomic E-state index is -0.472. The number of benzene rings is 2. The zero-order valence-electron chi connectivity index (χ0n) is 21.2. The quantitative estimate of drug-likeness (QED) is 0.281. The van der Waals surface area contributed by atoms with Gasteiger partial charge in [0, 0.05) is 54.6 Å². The second kappa shape index (κ2) is 11.0. The molecule has 0 aliphatic rings. The molecular weight excluding hydrogens is 470 g/mol. The Bertz CT molecular complexity index is 1440. The van der Waals surface area contributed by atoms with Crippen molar-refractivity contribution in [1.29, 1.82) is 0 Å². The number of carbonyl (C=O) groups is 2. The summed E-state index contributed by atoms with van der Waals surface area (Å²) in [5.74, 6) is -0.629. The predicted molar refractivity (Wildman–Crippen MR) is 143 cm³/mol. The van der Waals surface area contributed by atoms with Crippen molar-refractivity contribution in [3.8, 4) is 5.88 Å². The second-order valence-corrected chi connectivity index (χ2v) is 8.88. The summed E-state index contributed by atoms with van der Waals surface area (Å²) in [5, 5.41) is 11.6. The van der Waals surface area contributed by atoms with E-state index < -0.39 is 5.97 Å². The number of rotatable bonds is 8. The molecule has 0 bridgehead atoms. The number of pyridine rings is 1. The molecule has 0 fully saturated rings. The Morgan fingerprint density at radius 3 is 2.38 bits per heavy atom. The molecule has 0 aliphatic carbocycles. The minimum Gasteiger partial charge on any atom is -0.494 e. The molecular formula is C28H29N5O4. The third-order valence-corrected chi connectivity index (χ3v) is 5.96. The summed E-state index contributed by atoms with van der Waals surface area (Å²) in [6.07, 6.45) is 3.32. The Kier molecular flexibility index (Phi) is 7.64. The average Bonchev–Trinajstić information content (AvgIpc) is 3.24. The van der Waals surface area contributed by atoms with E-state index in [4.69, 9.17) is 9.73 Å². The average molecular weight is 500 g/mol. The van der Waals surface area contributed by atoms with E-state index in [9.17, 15) is 14.7 Å². The molecule has 2 aromatic heterocycles. The minimum absolute atomic E-state index is 0.0689. The van der Waals surface area contributed by atoms with Crippen LogP contribution >= 0.6 is 0 Å². The van der Waals surface area contributed by atoms with E-state index >= 15 is 0 Å². The molecule has 0 unspecified atom stereocenters. The van der Waals surface area contributed by atoms with Gasteiger partial charge in [0.15, 0.2) is 5.88 Å². The number of carbonyl (C=O) groups excluding carboxylic acids is 2. The predicted octanol–water partition coefficient (Wildman–Crippen LogP) is 3.86. The Morgan fingerprint density at radius 1 is 1.00 bits per heavy atom. The molecule has 0 atom stereocenters. The van der Waals surface area contributed by atoms with Gasteiger partial charge >= 0.3 is 5.97 Å². The summed E-state index contributed by atoms with van der Waals surface area (Å²) < 4.78 is 4.81. The fourth-order valence-corrected chi connectivity index (χ4v) is 3.92. The Balaban J connectivity index is 1.73. The molecule has 2 heterocycles. The van der Waals surface area contributed by atoms with Crippen LogP contribution in [-0.4, -0.2) is 83.8 Å². The number of hydrogen-bond acceptors (Lipinski definition) is 7. The first-order valence-electron chi connectivity index (χ1n) is 11.7. The maximum absolute atomic E-state index is 12.8. The van der Waals surface area contributed by atoms with E-state index in [1.165, 1.54) is 7.11 Å². The van der Waals surface area contributed by atoms with Crippen LogP contribution in [0.3, 0.4) is 0 Å². The third kappa shape index (κ3) is 5.68. The van der Waals surface area contributed by atoms with E-state index in [0.29, 0.717) is 51.1 Å². The van der Waals surface area contributed by atoms with Crippen LogP contribution in [0, 0.1) is 0 Å². The van der Waals surface area contributed by atoms with Gasteiger partial charge in [-0.3, -0.25) is 9.78 Å². The Morgan fingerprint density at radius 2 is 1.73 bits per heavy atom. The summed E-state index contributed by atoms with van der Waals surface area (Å²) >= 11 is 0. The maximum Gasteiger partial charge on any atom is 0.337 e. The first-order valence-corrected chi connectivity index (χ1v) is 11.7. The first kappa shape index (κ1) is 25.6. The number of fused-ring (bicyclic) bond motifs is 1. The molecule has 2 N–H and O–H groups in total. The molecule has 37 heavy (non-hydrogen) atoms. The molecule has 4 rings (SSSR count). The summed E-state index contributed by atoms with van der Waals surface area (Å²) in [5.41, 5.74) is 3.75. The summed E-state index contributed by atoms with van der Waals surface area (Å²) in [7, 11) is 7.03. The van der Waals surface area contributed by atoms with Gasteiger partial charge in [0.05, 0.1) is 29.6 Å². The number of H-pyrrole nitrogens is 1. The number of ether oxygens (including phenoxy) is 1. The fourth-order valence-electron chi connectivity index (χ4n) is 3.92. The standard InChI is InChI=1S/C28H29N5O4/c1-32(2)14-15-33(3)27(35)18-7-10-21(11-8-18)30-25(20-6-5-13-29-17-20)24-22-12-9-19(28(36)37-4)16-23(22)31-26(24)34/h5-13,16-17,31,34H,14-15H2,1-4H3. The zero-order chi connectivity index (χ0) is 26.5. The van der Waals surface area contributed by atoms with Crippen LogP contribution in [0.15, 0.2) is 72.0 Å². The van der Waals surface area contributed by atoms with E-state index in [0.717, 1.165) is 6.54 Å². The molecule has 190 valence electrons. The van der Waals surface area contributed by atoms with Gasteiger partial charge in [-0.15, -0.1) is 0 Å². The van der Waals surface area contributed by atoms with E-state index in [1.54, 1.807) is 72.9 Å². The molecule has 2 aromatic carbocycles.